The zero-order valence-corrected chi connectivity index (χ0v) is 6.68. The molecular weight excluding hydrogens is 141 g/mol. The van der Waals surface area contributed by atoms with Gasteiger partial charge in [0.1, 0.15) is 0 Å². The van der Waals surface area contributed by atoms with Gasteiger partial charge in [0.25, 0.3) is 0 Å². The number of rotatable bonds is 3. The van der Waals surface area contributed by atoms with Gasteiger partial charge in [-0.15, -0.1) is 0 Å². The van der Waals surface area contributed by atoms with E-state index in [1.165, 1.54) is 12.3 Å². The van der Waals surface area contributed by atoms with Crippen LogP contribution in [0.25, 0.3) is 0 Å². The maximum absolute atomic E-state index is 12.5. The van der Waals surface area contributed by atoms with Gasteiger partial charge in [-0.3, -0.25) is 0 Å². The Morgan fingerprint density at radius 3 is 3.00 bits per heavy atom. The third kappa shape index (κ3) is 2.66. The molecule has 0 saturated carbocycles. The number of halogens is 1. The maximum Gasteiger partial charge on any atom is 0.213 e. The van der Waals surface area contributed by atoms with E-state index in [1.54, 1.807) is 0 Å². The van der Waals surface area contributed by atoms with E-state index in [0.717, 1.165) is 24.8 Å². The SMILES string of the molecule is CCCCc1ccnc(F)c1. The summed E-state index contributed by atoms with van der Waals surface area (Å²) in [7, 11) is 0. The largest absolute Gasteiger partial charge is 0.228 e. The van der Waals surface area contributed by atoms with Crippen molar-refractivity contribution >= 4 is 0 Å². The number of hydrogen-bond acceptors (Lipinski definition) is 1. The van der Waals surface area contributed by atoms with E-state index < -0.39 is 0 Å². The third-order valence-electron chi connectivity index (χ3n) is 1.61. The Kier molecular flexibility index (Phi) is 3.02. The molecule has 60 valence electrons. The van der Waals surface area contributed by atoms with Gasteiger partial charge in [-0.25, -0.2) is 4.98 Å². The molecule has 0 saturated heterocycles. The molecule has 0 fully saturated rings. The van der Waals surface area contributed by atoms with Crippen LogP contribution in [0.1, 0.15) is 25.3 Å². The van der Waals surface area contributed by atoms with Gasteiger partial charge >= 0.3 is 0 Å². The highest BCUT2D eigenvalue weighted by Gasteiger charge is 1.94. The van der Waals surface area contributed by atoms with Gasteiger partial charge < -0.3 is 0 Å². The average Bonchev–Trinajstić information content (AvgIpc) is 2.01. The summed E-state index contributed by atoms with van der Waals surface area (Å²) in [6.45, 7) is 2.12. The smallest absolute Gasteiger partial charge is 0.213 e. The normalized spacial score (nSPS) is 10.0. The van der Waals surface area contributed by atoms with E-state index in [1.807, 2.05) is 6.07 Å². The molecule has 2 heteroatoms. The molecule has 0 aliphatic rings. The second-order valence-corrected chi connectivity index (χ2v) is 2.59. The summed E-state index contributed by atoms with van der Waals surface area (Å²) in [5.41, 5.74) is 1.04. The molecule has 1 nitrogen and oxygen atoms in total. The van der Waals surface area contributed by atoms with Crippen molar-refractivity contribution in [1.82, 2.24) is 4.98 Å². The van der Waals surface area contributed by atoms with Crippen LogP contribution in [0.5, 0.6) is 0 Å². The predicted octanol–water partition coefficient (Wildman–Crippen LogP) is 2.56. The van der Waals surface area contributed by atoms with E-state index in [0.29, 0.717) is 0 Å². The van der Waals surface area contributed by atoms with E-state index >= 15 is 0 Å². The van der Waals surface area contributed by atoms with E-state index in [4.69, 9.17) is 0 Å². The fourth-order valence-corrected chi connectivity index (χ4v) is 0.979. The van der Waals surface area contributed by atoms with Crippen LogP contribution in [0.2, 0.25) is 0 Å². The van der Waals surface area contributed by atoms with E-state index in [2.05, 4.69) is 11.9 Å². The first-order valence-electron chi connectivity index (χ1n) is 3.93. The van der Waals surface area contributed by atoms with Crippen molar-refractivity contribution in [3.8, 4) is 0 Å². The second-order valence-electron chi connectivity index (χ2n) is 2.59. The molecule has 0 aromatic carbocycles. The Hall–Kier alpha value is -0.920. The predicted molar refractivity (Wildman–Crippen MR) is 42.8 cm³/mol. The standard InChI is InChI=1S/C9H12FN/c1-2-3-4-8-5-6-11-9(10)7-8/h5-7H,2-4H2,1H3. The Morgan fingerprint density at radius 2 is 2.36 bits per heavy atom. The Morgan fingerprint density at radius 1 is 1.55 bits per heavy atom. The van der Waals surface area contributed by atoms with Gasteiger partial charge in [-0.1, -0.05) is 13.3 Å². The quantitative estimate of drug-likeness (QED) is 0.608. The fraction of sp³-hybridized carbons (Fsp3) is 0.444. The van der Waals surface area contributed by atoms with Crippen LogP contribution < -0.4 is 0 Å². The summed E-state index contributed by atoms with van der Waals surface area (Å²) in [6, 6.07) is 3.36. The van der Waals surface area contributed by atoms with Crippen molar-refractivity contribution in [3.63, 3.8) is 0 Å². The van der Waals surface area contributed by atoms with Crippen LogP contribution in [0.3, 0.4) is 0 Å². The van der Waals surface area contributed by atoms with E-state index in [-0.39, 0.29) is 5.95 Å². The van der Waals surface area contributed by atoms with E-state index in [9.17, 15) is 4.39 Å². The first-order chi connectivity index (χ1) is 5.33. The van der Waals surface area contributed by atoms with Gasteiger partial charge in [0.2, 0.25) is 5.95 Å². The van der Waals surface area contributed by atoms with Crippen LogP contribution in [0, 0.1) is 5.95 Å². The number of aromatic nitrogens is 1. The molecule has 0 unspecified atom stereocenters. The van der Waals surface area contributed by atoms with Gasteiger partial charge in [0.05, 0.1) is 0 Å². The van der Waals surface area contributed by atoms with Gasteiger partial charge in [0.15, 0.2) is 0 Å². The number of hydrogen-bond donors (Lipinski definition) is 0. The number of aryl methyl sites for hydroxylation is 1. The highest BCUT2D eigenvalue weighted by atomic mass is 19.1. The molecule has 0 aliphatic carbocycles. The molecule has 1 aromatic heterocycles. The molecular formula is C9H12FN. The molecule has 11 heavy (non-hydrogen) atoms. The summed E-state index contributed by atoms with van der Waals surface area (Å²) >= 11 is 0. The first kappa shape index (κ1) is 8.18. The summed E-state index contributed by atoms with van der Waals surface area (Å²) in [4.78, 5) is 3.48. The lowest BCUT2D eigenvalue weighted by Gasteiger charge is -1.97. The Bertz CT molecular complexity index is 223. The van der Waals surface area contributed by atoms with Crippen molar-refractivity contribution < 1.29 is 4.39 Å². The highest BCUT2D eigenvalue weighted by molar-refractivity contribution is 5.10. The summed E-state index contributed by atoms with van der Waals surface area (Å²) in [5, 5.41) is 0. The number of nitrogens with zero attached hydrogens (tertiary/aromatic N) is 1. The van der Waals surface area contributed by atoms with Gasteiger partial charge in [0, 0.05) is 6.20 Å². The monoisotopic (exact) mass is 153 g/mol. The lowest BCUT2D eigenvalue weighted by Crippen LogP contribution is -1.87. The molecule has 0 spiro atoms. The molecule has 0 atom stereocenters. The van der Waals surface area contributed by atoms with Crippen LogP contribution in [-0.2, 0) is 6.42 Å². The Labute approximate surface area is 66.3 Å². The first-order valence-corrected chi connectivity index (χ1v) is 3.93. The third-order valence-corrected chi connectivity index (χ3v) is 1.61. The summed E-state index contributed by atoms with van der Waals surface area (Å²) < 4.78 is 12.5. The minimum atomic E-state index is -0.376. The van der Waals surface area contributed by atoms with Crippen LogP contribution in [0.4, 0.5) is 4.39 Å². The van der Waals surface area contributed by atoms with Gasteiger partial charge in [-0.05, 0) is 30.5 Å². The van der Waals surface area contributed by atoms with Gasteiger partial charge in [-0.2, -0.15) is 4.39 Å². The lowest BCUT2D eigenvalue weighted by atomic mass is 10.1. The van der Waals surface area contributed by atoms with Crippen molar-refractivity contribution in [2.45, 2.75) is 26.2 Å². The fourth-order valence-electron chi connectivity index (χ4n) is 0.979. The van der Waals surface area contributed by atoms with Crippen LogP contribution in [0.15, 0.2) is 18.3 Å². The molecule has 1 rings (SSSR count). The molecule has 1 aromatic rings. The summed E-state index contributed by atoms with van der Waals surface area (Å²) in [5.74, 6) is -0.376. The second kappa shape index (κ2) is 4.06. The zero-order chi connectivity index (χ0) is 8.10. The average molecular weight is 153 g/mol. The van der Waals surface area contributed by atoms with Crippen LogP contribution >= 0.6 is 0 Å². The number of unbranched alkanes of at least 4 members (excludes halogenated alkanes) is 1. The van der Waals surface area contributed by atoms with Crippen molar-refractivity contribution in [3.05, 3.63) is 29.8 Å². The maximum atomic E-state index is 12.5. The van der Waals surface area contributed by atoms with Crippen molar-refractivity contribution in [2.75, 3.05) is 0 Å². The molecule has 0 amide bonds. The zero-order valence-electron chi connectivity index (χ0n) is 6.68. The number of pyridine rings is 1. The topological polar surface area (TPSA) is 12.9 Å². The van der Waals surface area contributed by atoms with Crippen LogP contribution in [-0.4, -0.2) is 4.98 Å². The van der Waals surface area contributed by atoms with Crippen molar-refractivity contribution in [2.24, 2.45) is 0 Å². The minimum absolute atomic E-state index is 0.376. The molecule has 0 bridgehead atoms. The minimum Gasteiger partial charge on any atom is -0.228 e. The lowest BCUT2D eigenvalue weighted by molar-refractivity contribution is 0.580. The molecule has 1 heterocycles. The molecule has 0 radical (unpaired) electrons. The Balaban J connectivity index is 2.56. The molecule has 0 aliphatic heterocycles. The highest BCUT2D eigenvalue weighted by Crippen LogP contribution is 2.04. The molecule has 0 N–H and O–H groups in total. The van der Waals surface area contributed by atoms with Crippen molar-refractivity contribution in [1.29, 1.82) is 0 Å². The summed E-state index contributed by atoms with van der Waals surface area (Å²) in [6.07, 6.45) is 4.73.